The van der Waals surface area contributed by atoms with E-state index < -0.39 is 34.9 Å². The molecule has 0 radical (unpaired) electrons. The number of hydrogen-bond acceptors (Lipinski definition) is 4. The number of alkyl halides is 3. The Morgan fingerprint density at radius 3 is 2.66 bits per heavy atom. The molecule has 32 heavy (non-hydrogen) atoms. The van der Waals surface area contributed by atoms with Crippen molar-refractivity contribution in [1.29, 1.82) is 0 Å². The van der Waals surface area contributed by atoms with Gasteiger partial charge in [0.05, 0.1) is 28.3 Å². The van der Waals surface area contributed by atoms with Gasteiger partial charge in [-0.1, -0.05) is 6.07 Å². The molecule has 4 aromatic rings. The van der Waals surface area contributed by atoms with Crippen molar-refractivity contribution in [3.05, 3.63) is 65.1 Å². The van der Waals surface area contributed by atoms with Crippen LogP contribution in [0.15, 0.2) is 42.9 Å². The highest BCUT2D eigenvalue weighted by Gasteiger charge is 2.37. The summed E-state index contributed by atoms with van der Waals surface area (Å²) in [5.74, 6) is -2.54. The van der Waals surface area contributed by atoms with Gasteiger partial charge in [-0.3, -0.25) is 4.90 Å². The first-order valence-corrected chi connectivity index (χ1v) is 10.1. The number of urea groups is 1. The SMILES string of the molecule is O=C1NCC(c2ccc(-c3cnc(C(F)(F)F)s3)c(F)c2F)N1c1ccc2[nH]cnc2c1. The predicted molar refractivity (Wildman–Crippen MR) is 107 cm³/mol. The van der Waals surface area contributed by atoms with Gasteiger partial charge in [0, 0.05) is 29.6 Å². The zero-order chi connectivity index (χ0) is 22.6. The highest BCUT2D eigenvalue weighted by atomic mass is 32.1. The largest absolute Gasteiger partial charge is 0.443 e. The third-order valence-electron chi connectivity index (χ3n) is 5.15. The Hall–Kier alpha value is -3.54. The van der Waals surface area contributed by atoms with Gasteiger partial charge in [0.25, 0.3) is 0 Å². The molecular formula is C20H12F5N5OS. The van der Waals surface area contributed by atoms with Crippen molar-refractivity contribution < 1.29 is 26.7 Å². The molecule has 0 bridgehead atoms. The molecule has 0 spiro atoms. The Kier molecular flexibility index (Phi) is 4.62. The smallest absolute Gasteiger partial charge is 0.345 e. The molecule has 0 aliphatic carbocycles. The van der Waals surface area contributed by atoms with E-state index in [4.69, 9.17) is 0 Å². The van der Waals surface area contributed by atoms with Crippen molar-refractivity contribution >= 4 is 34.1 Å². The van der Waals surface area contributed by atoms with Crippen molar-refractivity contribution in [2.75, 3.05) is 11.4 Å². The maximum atomic E-state index is 15.1. The number of fused-ring (bicyclic) bond motifs is 1. The summed E-state index contributed by atoms with van der Waals surface area (Å²) in [6.07, 6.45) is -2.33. The van der Waals surface area contributed by atoms with Crippen LogP contribution in [0, 0.1) is 11.6 Å². The van der Waals surface area contributed by atoms with E-state index >= 15 is 4.39 Å². The predicted octanol–water partition coefficient (Wildman–Crippen LogP) is 5.25. The Morgan fingerprint density at radius 1 is 1.09 bits per heavy atom. The first kappa shape index (κ1) is 20.4. The lowest BCUT2D eigenvalue weighted by Crippen LogP contribution is -2.30. The molecule has 1 saturated heterocycles. The fraction of sp³-hybridized carbons (Fsp3) is 0.150. The number of carbonyl (C=O) groups excluding carboxylic acids is 1. The van der Waals surface area contributed by atoms with Crippen LogP contribution in [0.1, 0.15) is 16.6 Å². The number of carbonyl (C=O) groups is 1. The highest BCUT2D eigenvalue weighted by Crippen LogP contribution is 2.40. The van der Waals surface area contributed by atoms with Gasteiger partial charge < -0.3 is 10.3 Å². The van der Waals surface area contributed by atoms with E-state index in [1.165, 1.54) is 23.4 Å². The van der Waals surface area contributed by atoms with E-state index in [1.807, 2.05) is 0 Å². The molecule has 12 heteroatoms. The van der Waals surface area contributed by atoms with Crippen LogP contribution in [-0.2, 0) is 6.18 Å². The fourth-order valence-electron chi connectivity index (χ4n) is 3.66. The van der Waals surface area contributed by atoms with Crippen molar-refractivity contribution in [3.8, 4) is 10.4 Å². The molecule has 164 valence electrons. The average molecular weight is 465 g/mol. The topological polar surface area (TPSA) is 73.9 Å². The molecule has 1 fully saturated rings. The highest BCUT2D eigenvalue weighted by molar-refractivity contribution is 7.15. The van der Waals surface area contributed by atoms with Gasteiger partial charge in [-0.2, -0.15) is 13.2 Å². The molecular weight excluding hydrogens is 453 g/mol. The number of benzene rings is 2. The van der Waals surface area contributed by atoms with Gasteiger partial charge >= 0.3 is 12.2 Å². The molecule has 2 aromatic heterocycles. The van der Waals surface area contributed by atoms with Gasteiger partial charge in [0.2, 0.25) is 0 Å². The lowest BCUT2D eigenvalue weighted by molar-refractivity contribution is -0.137. The Labute approximate surface area is 180 Å². The number of aromatic nitrogens is 3. The van der Waals surface area contributed by atoms with E-state index in [0.29, 0.717) is 11.2 Å². The third kappa shape index (κ3) is 3.27. The van der Waals surface area contributed by atoms with Crippen LogP contribution in [0.5, 0.6) is 0 Å². The number of nitrogens with zero attached hydrogens (tertiary/aromatic N) is 3. The molecule has 5 rings (SSSR count). The van der Waals surface area contributed by atoms with Gasteiger partial charge in [-0.05, 0) is 24.3 Å². The molecule has 0 saturated carbocycles. The van der Waals surface area contributed by atoms with Crippen molar-refractivity contribution in [2.45, 2.75) is 12.2 Å². The monoisotopic (exact) mass is 465 g/mol. The second-order valence-corrected chi connectivity index (χ2v) is 8.06. The summed E-state index contributed by atoms with van der Waals surface area (Å²) in [6.45, 7) is 0.0198. The van der Waals surface area contributed by atoms with Gasteiger partial charge in [0.1, 0.15) is 0 Å². The van der Waals surface area contributed by atoms with Gasteiger partial charge in [-0.15, -0.1) is 11.3 Å². The van der Waals surface area contributed by atoms with Crippen LogP contribution >= 0.6 is 11.3 Å². The fourth-order valence-corrected chi connectivity index (χ4v) is 4.46. The molecule has 6 nitrogen and oxygen atoms in total. The number of aromatic amines is 1. The number of hydrogen-bond donors (Lipinski definition) is 2. The minimum Gasteiger partial charge on any atom is -0.345 e. The first-order valence-electron chi connectivity index (χ1n) is 9.25. The lowest BCUT2D eigenvalue weighted by Gasteiger charge is -2.24. The quantitative estimate of drug-likeness (QED) is 0.406. The summed E-state index contributed by atoms with van der Waals surface area (Å²) in [5, 5.41) is 1.46. The normalized spacial score (nSPS) is 16.7. The number of thiazole rings is 1. The minimum absolute atomic E-state index is 0.0198. The molecule has 3 heterocycles. The number of anilines is 1. The van der Waals surface area contributed by atoms with Crippen LogP contribution in [0.3, 0.4) is 0 Å². The number of nitrogens with one attached hydrogen (secondary N) is 2. The summed E-state index contributed by atoms with van der Waals surface area (Å²) in [5.41, 5.74) is 1.34. The Morgan fingerprint density at radius 2 is 1.91 bits per heavy atom. The van der Waals surface area contributed by atoms with Crippen molar-refractivity contribution in [3.63, 3.8) is 0 Å². The molecule has 1 aliphatic rings. The van der Waals surface area contributed by atoms with Crippen LogP contribution in [0.2, 0.25) is 0 Å². The maximum Gasteiger partial charge on any atom is 0.443 e. The summed E-state index contributed by atoms with van der Waals surface area (Å²) in [4.78, 5) is 23.9. The summed E-state index contributed by atoms with van der Waals surface area (Å²) in [7, 11) is 0. The summed E-state index contributed by atoms with van der Waals surface area (Å²) >= 11 is 0.224. The molecule has 1 aliphatic heterocycles. The van der Waals surface area contributed by atoms with Crippen molar-refractivity contribution in [2.24, 2.45) is 0 Å². The number of halogens is 5. The van der Waals surface area contributed by atoms with Crippen LogP contribution in [0.25, 0.3) is 21.5 Å². The second-order valence-electron chi connectivity index (χ2n) is 7.03. The third-order valence-corrected chi connectivity index (χ3v) is 6.22. The Balaban J connectivity index is 1.53. The number of amides is 2. The van der Waals surface area contributed by atoms with Crippen LogP contribution < -0.4 is 10.2 Å². The summed E-state index contributed by atoms with van der Waals surface area (Å²) < 4.78 is 68.4. The van der Waals surface area contributed by atoms with E-state index in [-0.39, 0.29) is 33.9 Å². The van der Waals surface area contributed by atoms with E-state index in [1.54, 1.807) is 18.2 Å². The van der Waals surface area contributed by atoms with Crippen LogP contribution in [-0.4, -0.2) is 27.5 Å². The van der Waals surface area contributed by atoms with E-state index in [0.717, 1.165) is 11.7 Å². The van der Waals surface area contributed by atoms with Gasteiger partial charge in [-0.25, -0.2) is 23.5 Å². The Bertz CT molecular complexity index is 1350. The zero-order valence-electron chi connectivity index (χ0n) is 15.9. The number of H-pyrrole nitrogens is 1. The molecule has 1 atom stereocenters. The minimum atomic E-state index is -4.68. The second kappa shape index (κ2) is 7.26. The molecule has 2 N–H and O–H groups in total. The molecule has 1 unspecified atom stereocenters. The van der Waals surface area contributed by atoms with Gasteiger partial charge in [0.15, 0.2) is 16.6 Å². The first-order chi connectivity index (χ1) is 15.2. The average Bonchev–Trinajstić information content (AvgIpc) is 3.48. The zero-order valence-corrected chi connectivity index (χ0v) is 16.7. The van der Waals surface area contributed by atoms with E-state index in [9.17, 15) is 22.4 Å². The molecule has 2 amide bonds. The molecule has 2 aromatic carbocycles. The maximum absolute atomic E-state index is 15.1. The van der Waals surface area contributed by atoms with E-state index in [2.05, 4.69) is 20.3 Å². The number of rotatable bonds is 3. The summed E-state index contributed by atoms with van der Waals surface area (Å²) in [6, 6.07) is 6.10. The number of imidazole rings is 1. The standard InChI is InChI=1S/C20H12F5N5OS/c21-16-10(2-3-11(17(16)22)15-7-26-18(32-15)20(23,24)25)14-6-27-19(31)30(14)9-1-4-12-13(5-9)29-8-28-12/h1-5,7-8,14H,6H2,(H,27,31)(H,28,29). The lowest BCUT2D eigenvalue weighted by atomic mass is 10.0. The van der Waals surface area contributed by atoms with Crippen LogP contribution in [0.4, 0.5) is 32.4 Å². The van der Waals surface area contributed by atoms with Crippen molar-refractivity contribution in [1.82, 2.24) is 20.3 Å².